The second-order valence-corrected chi connectivity index (χ2v) is 15.5. The van der Waals surface area contributed by atoms with Gasteiger partial charge in [0.1, 0.15) is 35.7 Å². The molecule has 2 N–H and O–H groups in total. The van der Waals surface area contributed by atoms with Gasteiger partial charge in [-0.05, 0) is 109 Å². The number of carbonyl (C=O) groups excluding carboxylic acids is 1. The van der Waals surface area contributed by atoms with Crippen molar-refractivity contribution in [2.45, 2.75) is 76.2 Å². The molecule has 0 bridgehead atoms. The Morgan fingerprint density at radius 2 is 1.69 bits per heavy atom. The highest BCUT2D eigenvalue weighted by molar-refractivity contribution is 6.03. The van der Waals surface area contributed by atoms with Gasteiger partial charge in [-0.3, -0.25) is 4.90 Å². The van der Waals surface area contributed by atoms with Gasteiger partial charge in [-0.1, -0.05) is 72.6 Å². The highest BCUT2D eigenvalue weighted by Crippen LogP contribution is 2.62. The number of ether oxygens (including phenoxy) is 4. The molecule has 7 rings (SSSR count). The molecule has 0 spiro atoms. The van der Waals surface area contributed by atoms with Crippen LogP contribution >= 0.6 is 0 Å². The van der Waals surface area contributed by atoms with E-state index in [9.17, 15) is 19.4 Å². The zero-order chi connectivity index (χ0) is 41.4. The molecule has 4 aromatic carbocycles. The van der Waals surface area contributed by atoms with E-state index < -0.39 is 23.8 Å². The summed E-state index contributed by atoms with van der Waals surface area (Å²) in [7, 11) is 1.34. The molecule has 0 radical (unpaired) electrons. The van der Waals surface area contributed by atoms with Crippen LogP contribution in [-0.2, 0) is 20.9 Å². The van der Waals surface area contributed by atoms with Crippen molar-refractivity contribution < 1.29 is 43.2 Å². The lowest BCUT2D eigenvalue weighted by atomic mass is 9.55. The summed E-state index contributed by atoms with van der Waals surface area (Å²) in [4.78, 5) is 21.5. The van der Waals surface area contributed by atoms with E-state index in [4.69, 9.17) is 28.9 Å². The Kier molecular flexibility index (Phi) is 13.7. The summed E-state index contributed by atoms with van der Waals surface area (Å²) in [5.41, 5.74) is 3.24. The topological polar surface area (TPSA) is 119 Å². The van der Waals surface area contributed by atoms with Crippen molar-refractivity contribution in [2.75, 3.05) is 33.5 Å². The number of allylic oxidation sites excluding steroid dienone is 1. The molecule has 0 saturated heterocycles. The molecule has 312 valence electrons. The summed E-state index contributed by atoms with van der Waals surface area (Å²) in [5, 5.41) is 26.7. The Bertz CT molecular complexity index is 2140. The SMILES string of the molecule is C=CCOC12Oc3ccc(Oc4ccc5ccccc5c4)cc3C3C(CCCCO)C(CCCCO)C=C(C(=NOCC)CC1N(Cc1ccc(F)cc1)C(=O)OC)C32. The number of oxime groups is 1. The average Bonchev–Trinajstić information content (AvgIpc) is 3.25. The fourth-order valence-corrected chi connectivity index (χ4v) is 9.43. The molecule has 1 amide bonds. The zero-order valence-corrected chi connectivity index (χ0v) is 33.9. The maximum atomic E-state index is 14.1. The number of carbonyl (C=O) groups is 1. The summed E-state index contributed by atoms with van der Waals surface area (Å²) in [6, 6.07) is 25.3. The van der Waals surface area contributed by atoms with E-state index in [0.29, 0.717) is 48.0 Å². The molecule has 2 aliphatic carbocycles. The third kappa shape index (κ3) is 8.88. The summed E-state index contributed by atoms with van der Waals surface area (Å²) in [5.74, 6) is -0.531. The summed E-state index contributed by atoms with van der Waals surface area (Å²) < 4.78 is 40.5. The number of nitrogens with zero attached hydrogens (tertiary/aromatic N) is 2. The first-order chi connectivity index (χ1) is 28.8. The van der Waals surface area contributed by atoms with Crippen LogP contribution in [0.5, 0.6) is 17.2 Å². The molecule has 6 atom stereocenters. The highest BCUT2D eigenvalue weighted by Gasteiger charge is 2.65. The van der Waals surface area contributed by atoms with Crippen molar-refractivity contribution in [2.24, 2.45) is 22.9 Å². The van der Waals surface area contributed by atoms with Crippen LogP contribution in [0.25, 0.3) is 10.8 Å². The molecular formula is C48H55FN2O8. The largest absolute Gasteiger partial charge is 0.459 e. The molecule has 1 aliphatic heterocycles. The van der Waals surface area contributed by atoms with Crippen LogP contribution < -0.4 is 9.47 Å². The van der Waals surface area contributed by atoms with Crippen molar-refractivity contribution in [1.82, 2.24) is 4.90 Å². The normalized spacial score (nSPS) is 23.7. The minimum absolute atomic E-state index is 0.0371. The van der Waals surface area contributed by atoms with E-state index in [0.717, 1.165) is 47.6 Å². The van der Waals surface area contributed by atoms with E-state index in [1.165, 1.54) is 19.2 Å². The standard InChI is InChI=1S/C48H55FN2O8/c1-4-26-56-48-44(51(47(54)55-3)31-32-16-19-36(49)20-17-32)30-42(50-57-5-2)40-28-35(14-8-10-24-52)39(15-9-11-25-53)45(46(40)48)41-29-38(22-23-43(41)59-48)58-37-21-18-33-12-6-7-13-34(33)27-37/h4,6-7,12-13,16-23,27-29,35,39,44-46,52-53H,1,5,8-11,14-15,24-26,30-31H2,2-3H3. The second-order valence-electron chi connectivity index (χ2n) is 15.5. The average molecular weight is 807 g/mol. The highest BCUT2D eigenvalue weighted by atomic mass is 19.1. The van der Waals surface area contributed by atoms with Gasteiger partial charge in [-0.15, -0.1) is 6.58 Å². The van der Waals surface area contributed by atoms with Crippen LogP contribution in [0.4, 0.5) is 9.18 Å². The molecule has 1 fully saturated rings. The van der Waals surface area contributed by atoms with Gasteiger partial charge in [-0.25, -0.2) is 9.18 Å². The van der Waals surface area contributed by atoms with Crippen LogP contribution in [0.15, 0.2) is 114 Å². The second kappa shape index (κ2) is 19.2. The van der Waals surface area contributed by atoms with Crippen molar-refractivity contribution >= 4 is 22.6 Å². The summed E-state index contributed by atoms with van der Waals surface area (Å²) >= 11 is 0. The number of amides is 1. The first kappa shape index (κ1) is 41.9. The number of aliphatic hydroxyl groups is 2. The van der Waals surface area contributed by atoms with Crippen molar-refractivity contribution in [1.29, 1.82) is 0 Å². The number of methoxy groups -OCH3 is 1. The van der Waals surface area contributed by atoms with Gasteiger partial charge in [0.2, 0.25) is 5.79 Å². The van der Waals surface area contributed by atoms with E-state index >= 15 is 0 Å². The van der Waals surface area contributed by atoms with E-state index in [2.05, 4.69) is 30.9 Å². The maximum absolute atomic E-state index is 14.1. The number of rotatable bonds is 18. The van der Waals surface area contributed by atoms with Gasteiger partial charge in [0.05, 0.1) is 25.3 Å². The smallest absolute Gasteiger partial charge is 0.410 e. The van der Waals surface area contributed by atoms with Crippen LogP contribution in [0.2, 0.25) is 0 Å². The molecule has 3 aliphatic rings. The van der Waals surface area contributed by atoms with Gasteiger partial charge >= 0.3 is 6.09 Å². The number of hydrogen-bond donors (Lipinski definition) is 2. The number of benzene rings is 4. The lowest BCUT2D eigenvalue weighted by Gasteiger charge is -2.59. The Balaban J connectivity index is 1.43. The minimum atomic E-state index is -1.47. The number of aliphatic hydroxyl groups excluding tert-OH is 2. The van der Waals surface area contributed by atoms with Crippen LogP contribution in [0.1, 0.15) is 68.9 Å². The molecule has 11 heteroatoms. The molecule has 1 heterocycles. The third-order valence-corrected chi connectivity index (χ3v) is 12.0. The van der Waals surface area contributed by atoms with E-state index in [1.54, 1.807) is 23.1 Å². The van der Waals surface area contributed by atoms with Crippen LogP contribution in [0.3, 0.4) is 0 Å². The Labute approximate surface area is 345 Å². The van der Waals surface area contributed by atoms with Crippen molar-refractivity contribution in [3.8, 4) is 17.2 Å². The van der Waals surface area contributed by atoms with Crippen molar-refractivity contribution in [3.05, 3.63) is 126 Å². The first-order valence-corrected chi connectivity index (χ1v) is 20.8. The van der Waals surface area contributed by atoms with Gasteiger partial charge < -0.3 is 34.0 Å². The quantitative estimate of drug-likeness (QED) is 0.0580. The molecule has 6 unspecified atom stereocenters. The van der Waals surface area contributed by atoms with Gasteiger partial charge in [0, 0.05) is 37.7 Å². The summed E-state index contributed by atoms with van der Waals surface area (Å²) in [6.45, 7) is 6.58. The lowest BCUT2D eigenvalue weighted by Crippen LogP contribution is -2.70. The number of hydrogen-bond acceptors (Lipinski definition) is 9. The molecule has 10 nitrogen and oxygen atoms in total. The van der Waals surface area contributed by atoms with E-state index in [-0.39, 0.29) is 56.4 Å². The zero-order valence-electron chi connectivity index (χ0n) is 33.9. The Morgan fingerprint density at radius 1 is 0.966 bits per heavy atom. The van der Waals surface area contributed by atoms with Crippen LogP contribution in [0, 0.1) is 23.6 Å². The molecular weight excluding hydrogens is 752 g/mol. The minimum Gasteiger partial charge on any atom is -0.459 e. The van der Waals surface area contributed by atoms with Crippen molar-refractivity contribution in [3.63, 3.8) is 0 Å². The number of fused-ring (bicyclic) bond motifs is 3. The molecule has 0 aromatic heterocycles. The molecule has 4 aromatic rings. The van der Waals surface area contributed by atoms with Gasteiger partial charge in [-0.2, -0.15) is 0 Å². The lowest BCUT2D eigenvalue weighted by molar-refractivity contribution is -0.256. The number of halogens is 1. The Morgan fingerprint density at radius 3 is 2.42 bits per heavy atom. The monoisotopic (exact) mass is 806 g/mol. The van der Waals surface area contributed by atoms with Gasteiger partial charge in [0.15, 0.2) is 0 Å². The first-order valence-electron chi connectivity index (χ1n) is 20.8. The fourth-order valence-electron chi connectivity index (χ4n) is 9.43. The third-order valence-electron chi connectivity index (χ3n) is 12.0. The maximum Gasteiger partial charge on any atom is 0.410 e. The van der Waals surface area contributed by atoms with Gasteiger partial charge in [0.25, 0.3) is 0 Å². The Hall–Kier alpha value is -5.23. The fraction of sp³-hybridized carbons (Fsp3) is 0.417. The molecule has 1 saturated carbocycles. The predicted octanol–water partition coefficient (Wildman–Crippen LogP) is 9.69. The van der Waals surface area contributed by atoms with Crippen LogP contribution in [-0.4, -0.2) is 72.3 Å². The summed E-state index contributed by atoms with van der Waals surface area (Å²) in [6.07, 6.45) is 8.12. The predicted molar refractivity (Wildman–Crippen MR) is 225 cm³/mol. The van der Waals surface area contributed by atoms with E-state index in [1.807, 2.05) is 49.4 Å². The molecule has 59 heavy (non-hydrogen) atoms. The number of unbranched alkanes of at least 4 members (excludes halogenated alkanes) is 2.